The lowest BCUT2D eigenvalue weighted by molar-refractivity contribution is 0.0478. The highest BCUT2D eigenvalue weighted by Crippen LogP contribution is 2.30. The van der Waals surface area contributed by atoms with Crippen LogP contribution in [-0.2, 0) is 11.3 Å². The van der Waals surface area contributed by atoms with E-state index in [1.807, 2.05) is 74.5 Å². The minimum absolute atomic E-state index is 0.0129. The first-order chi connectivity index (χ1) is 15.0. The number of benzene rings is 4. The van der Waals surface area contributed by atoms with Crippen LogP contribution in [0.15, 0.2) is 82.0 Å². The third kappa shape index (κ3) is 3.36. The van der Waals surface area contributed by atoms with Gasteiger partial charge in [-0.15, -0.1) is 0 Å². The first kappa shape index (κ1) is 19.1. The molecule has 31 heavy (non-hydrogen) atoms. The lowest BCUT2D eigenvalue weighted by Crippen LogP contribution is -2.09. The van der Waals surface area contributed by atoms with E-state index in [4.69, 9.17) is 9.15 Å². The number of hydrogen-bond acceptors (Lipinski definition) is 4. The highest BCUT2D eigenvalue weighted by Gasteiger charge is 2.17. The fraction of sp³-hybridized carbons (Fsp3) is 0.111. The SMILES string of the molecule is Cc1cc2oc(=O)cc(COC(=O)c3c4ccccc4cc4ccccc34)c2cc1C. The van der Waals surface area contributed by atoms with Crippen LogP contribution in [0.4, 0.5) is 0 Å². The molecule has 5 aromatic rings. The second-order valence-electron chi connectivity index (χ2n) is 7.79. The van der Waals surface area contributed by atoms with Crippen molar-refractivity contribution in [2.75, 3.05) is 0 Å². The monoisotopic (exact) mass is 408 g/mol. The van der Waals surface area contributed by atoms with Crippen LogP contribution in [0.25, 0.3) is 32.5 Å². The van der Waals surface area contributed by atoms with Crippen molar-refractivity contribution in [3.63, 3.8) is 0 Å². The van der Waals surface area contributed by atoms with Crippen molar-refractivity contribution in [2.45, 2.75) is 20.5 Å². The van der Waals surface area contributed by atoms with Crippen molar-refractivity contribution in [1.29, 1.82) is 0 Å². The van der Waals surface area contributed by atoms with E-state index < -0.39 is 11.6 Å². The Bertz CT molecular complexity index is 1490. The number of carbonyl (C=O) groups excluding carboxylic acids is 1. The summed E-state index contributed by atoms with van der Waals surface area (Å²) in [5.74, 6) is -0.418. The molecule has 4 heteroatoms. The van der Waals surface area contributed by atoms with Gasteiger partial charge in [0.25, 0.3) is 0 Å². The molecule has 0 aliphatic heterocycles. The first-order valence-electron chi connectivity index (χ1n) is 10.1. The van der Waals surface area contributed by atoms with E-state index in [0.29, 0.717) is 16.7 Å². The van der Waals surface area contributed by atoms with Crippen molar-refractivity contribution in [1.82, 2.24) is 0 Å². The third-order valence-electron chi connectivity index (χ3n) is 5.78. The zero-order chi connectivity index (χ0) is 21.5. The van der Waals surface area contributed by atoms with Crippen LogP contribution in [0.2, 0.25) is 0 Å². The molecule has 0 saturated heterocycles. The topological polar surface area (TPSA) is 56.5 Å². The van der Waals surface area contributed by atoms with Crippen molar-refractivity contribution in [3.05, 3.63) is 105 Å². The zero-order valence-corrected chi connectivity index (χ0v) is 17.3. The Morgan fingerprint density at radius 3 is 2.10 bits per heavy atom. The minimum atomic E-state index is -0.461. The van der Waals surface area contributed by atoms with Crippen LogP contribution < -0.4 is 5.63 Å². The maximum atomic E-state index is 13.3. The molecule has 4 nitrogen and oxygen atoms in total. The average molecular weight is 408 g/mol. The van der Waals surface area contributed by atoms with Crippen LogP contribution in [0, 0.1) is 13.8 Å². The lowest BCUT2D eigenvalue weighted by atomic mass is 9.97. The number of aryl methyl sites for hydroxylation is 2. The summed E-state index contributed by atoms with van der Waals surface area (Å²) >= 11 is 0. The Balaban J connectivity index is 1.58. The number of esters is 1. The maximum absolute atomic E-state index is 13.3. The molecular weight excluding hydrogens is 388 g/mol. The van der Waals surface area contributed by atoms with E-state index in [-0.39, 0.29) is 6.61 Å². The summed E-state index contributed by atoms with van der Waals surface area (Å²) in [5, 5.41) is 4.42. The van der Waals surface area contributed by atoms with E-state index >= 15 is 0 Å². The van der Waals surface area contributed by atoms with Gasteiger partial charge in [-0.25, -0.2) is 9.59 Å². The van der Waals surface area contributed by atoms with Gasteiger partial charge in [-0.05, 0) is 64.7 Å². The van der Waals surface area contributed by atoms with E-state index in [1.165, 1.54) is 6.07 Å². The zero-order valence-electron chi connectivity index (χ0n) is 17.3. The van der Waals surface area contributed by atoms with Crippen molar-refractivity contribution in [3.8, 4) is 0 Å². The van der Waals surface area contributed by atoms with Crippen LogP contribution in [0.3, 0.4) is 0 Å². The van der Waals surface area contributed by atoms with Gasteiger partial charge in [0, 0.05) is 17.0 Å². The Morgan fingerprint density at radius 2 is 1.42 bits per heavy atom. The summed E-state index contributed by atoms with van der Waals surface area (Å²) in [5.41, 5.74) is 3.32. The molecule has 0 fully saturated rings. The van der Waals surface area contributed by atoms with E-state index in [1.54, 1.807) is 0 Å². The highest BCUT2D eigenvalue weighted by molar-refractivity contribution is 6.16. The van der Waals surface area contributed by atoms with Gasteiger partial charge in [0.2, 0.25) is 0 Å². The molecular formula is C27H20O4. The molecule has 0 aliphatic carbocycles. The van der Waals surface area contributed by atoms with Crippen LogP contribution >= 0.6 is 0 Å². The Morgan fingerprint density at radius 1 is 0.806 bits per heavy atom. The normalized spacial score (nSPS) is 11.3. The molecule has 0 radical (unpaired) electrons. The molecule has 1 aromatic heterocycles. The summed E-state index contributed by atoms with van der Waals surface area (Å²) < 4.78 is 11.1. The molecule has 4 aromatic carbocycles. The molecule has 5 rings (SSSR count). The van der Waals surface area contributed by atoms with Gasteiger partial charge in [-0.1, -0.05) is 48.5 Å². The van der Waals surface area contributed by atoms with Gasteiger partial charge in [-0.3, -0.25) is 0 Å². The Hall–Kier alpha value is -3.92. The number of ether oxygens (including phenoxy) is 1. The van der Waals surface area contributed by atoms with Gasteiger partial charge in [0.1, 0.15) is 12.2 Å². The highest BCUT2D eigenvalue weighted by atomic mass is 16.5. The summed E-state index contributed by atoms with van der Waals surface area (Å²) in [7, 11) is 0. The first-order valence-corrected chi connectivity index (χ1v) is 10.1. The molecule has 1 heterocycles. The molecule has 0 bridgehead atoms. The summed E-state index contributed by atoms with van der Waals surface area (Å²) in [6.45, 7) is 3.95. The van der Waals surface area contributed by atoms with Crippen molar-refractivity contribution >= 4 is 38.5 Å². The third-order valence-corrected chi connectivity index (χ3v) is 5.78. The molecule has 0 spiro atoms. The molecule has 0 aliphatic rings. The number of rotatable bonds is 3. The van der Waals surface area contributed by atoms with E-state index in [0.717, 1.165) is 38.1 Å². The van der Waals surface area contributed by atoms with Gasteiger partial charge in [-0.2, -0.15) is 0 Å². The molecule has 0 N–H and O–H groups in total. The minimum Gasteiger partial charge on any atom is -0.457 e. The molecule has 152 valence electrons. The Labute approximate surface area is 178 Å². The molecule has 0 atom stereocenters. The Kier molecular flexibility index (Phi) is 4.55. The largest absolute Gasteiger partial charge is 0.457 e. The predicted molar refractivity (Wildman–Crippen MR) is 123 cm³/mol. The lowest BCUT2D eigenvalue weighted by Gasteiger charge is -2.12. The average Bonchev–Trinajstić information content (AvgIpc) is 2.76. The molecule has 0 saturated carbocycles. The van der Waals surface area contributed by atoms with Crippen LogP contribution in [0.5, 0.6) is 0 Å². The molecule has 0 amide bonds. The number of carbonyl (C=O) groups is 1. The smallest absolute Gasteiger partial charge is 0.339 e. The number of hydrogen-bond donors (Lipinski definition) is 0. The van der Waals surface area contributed by atoms with Gasteiger partial charge in [0.05, 0.1) is 5.56 Å². The second kappa shape index (κ2) is 7.40. The van der Waals surface area contributed by atoms with Crippen molar-refractivity contribution < 1.29 is 13.9 Å². The number of fused-ring (bicyclic) bond motifs is 3. The van der Waals surface area contributed by atoms with Crippen LogP contribution in [0.1, 0.15) is 27.0 Å². The molecule has 0 unspecified atom stereocenters. The van der Waals surface area contributed by atoms with Gasteiger partial charge < -0.3 is 9.15 Å². The van der Waals surface area contributed by atoms with Crippen LogP contribution in [-0.4, -0.2) is 5.97 Å². The fourth-order valence-electron chi connectivity index (χ4n) is 4.05. The summed E-state index contributed by atoms with van der Waals surface area (Å²) in [4.78, 5) is 25.3. The van der Waals surface area contributed by atoms with Gasteiger partial charge >= 0.3 is 11.6 Å². The predicted octanol–water partition coefficient (Wildman–Crippen LogP) is 6.07. The van der Waals surface area contributed by atoms with Gasteiger partial charge in [0.15, 0.2) is 0 Å². The van der Waals surface area contributed by atoms with E-state index in [9.17, 15) is 9.59 Å². The summed E-state index contributed by atoms with van der Waals surface area (Å²) in [6.07, 6.45) is 0. The van der Waals surface area contributed by atoms with E-state index in [2.05, 4.69) is 6.07 Å². The maximum Gasteiger partial charge on any atom is 0.339 e. The standard InChI is InChI=1S/C27H20O4/c1-16-11-23-20(14-25(28)31-24(23)12-17(16)2)15-30-27(29)26-21-9-5-3-7-18(21)13-19-8-4-6-10-22(19)26/h3-14H,15H2,1-2H3. The quantitative estimate of drug-likeness (QED) is 0.206. The fourth-order valence-corrected chi connectivity index (χ4v) is 4.05. The second-order valence-corrected chi connectivity index (χ2v) is 7.79. The van der Waals surface area contributed by atoms with Crippen molar-refractivity contribution in [2.24, 2.45) is 0 Å². The summed E-state index contributed by atoms with van der Waals surface area (Å²) in [6, 6.07) is 22.8.